The first-order valence-corrected chi connectivity index (χ1v) is 10.7. The van der Waals surface area contributed by atoms with Crippen molar-refractivity contribution in [3.05, 3.63) is 29.8 Å². The Morgan fingerprint density at radius 3 is 2.41 bits per heavy atom. The average molecular weight is 438 g/mol. The minimum Gasteiger partial charge on any atom is -0.379 e. The first-order chi connectivity index (χ1) is 13.6. The summed E-state index contributed by atoms with van der Waals surface area (Å²) in [6.07, 6.45) is -5.32. The number of piperazine rings is 1. The van der Waals surface area contributed by atoms with Gasteiger partial charge in [-0.2, -0.15) is 17.5 Å². The summed E-state index contributed by atoms with van der Waals surface area (Å²) in [5.41, 5.74) is -1.02. The zero-order valence-corrected chi connectivity index (χ0v) is 17.1. The minimum atomic E-state index is -4.63. The van der Waals surface area contributed by atoms with Crippen LogP contribution in [0.25, 0.3) is 0 Å². The quantitative estimate of drug-likeness (QED) is 0.580. The maximum absolute atomic E-state index is 12.9. The number of benzene rings is 1. The van der Waals surface area contributed by atoms with Crippen LogP contribution in [0.15, 0.2) is 29.2 Å². The lowest BCUT2D eigenvalue weighted by atomic mass is 10.2. The molecule has 2 rings (SSSR count). The second kappa shape index (κ2) is 9.88. The van der Waals surface area contributed by atoms with E-state index in [2.05, 4.69) is 0 Å². The van der Waals surface area contributed by atoms with E-state index in [4.69, 9.17) is 9.47 Å². The summed E-state index contributed by atoms with van der Waals surface area (Å²) in [6, 6.07) is 3.65. The summed E-state index contributed by atoms with van der Waals surface area (Å²) >= 11 is 0. The van der Waals surface area contributed by atoms with E-state index in [0.717, 1.165) is 22.5 Å². The number of hydrogen-bond acceptors (Lipinski definition) is 5. The van der Waals surface area contributed by atoms with Crippen molar-refractivity contribution in [2.24, 2.45) is 0 Å². The lowest BCUT2D eigenvalue weighted by Gasteiger charge is -2.35. The van der Waals surface area contributed by atoms with Gasteiger partial charge in [-0.15, -0.1) is 0 Å². The fraction of sp³-hybridized carbons (Fsp3) is 0.611. The van der Waals surface area contributed by atoms with Crippen molar-refractivity contribution in [1.29, 1.82) is 0 Å². The van der Waals surface area contributed by atoms with Gasteiger partial charge in [0.05, 0.1) is 23.7 Å². The third-order valence-electron chi connectivity index (χ3n) is 4.50. The lowest BCUT2D eigenvalue weighted by Crippen LogP contribution is -2.52. The molecule has 7 nitrogen and oxygen atoms in total. The summed E-state index contributed by atoms with van der Waals surface area (Å²) in [4.78, 5) is 13.5. The number of carbonyl (C=O) groups is 1. The van der Waals surface area contributed by atoms with Crippen LogP contribution in [-0.4, -0.2) is 75.6 Å². The number of rotatable bonds is 8. The summed E-state index contributed by atoms with van der Waals surface area (Å²) in [6.45, 7) is 4.91. The zero-order chi connectivity index (χ0) is 21.7. The van der Waals surface area contributed by atoms with Crippen molar-refractivity contribution in [2.75, 3.05) is 46.0 Å². The Morgan fingerprint density at radius 1 is 1.17 bits per heavy atom. The van der Waals surface area contributed by atoms with Gasteiger partial charge in [-0.25, -0.2) is 8.42 Å². The molecule has 0 spiro atoms. The third-order valence-corrected chi connectivity index (χ3v) is 6.39. The molecule has 0 saturated carbocycles. The smallest absolute Gasteiger partial charge is 0.379 e. The third kappa shape index (κ3) is 6.14. The highest BCUT2D eigenvalue weighted by Crippen LogP contribution is 2.31. The molecule has 0 aliphatic carbocycles. The SMILES string of the molecule is CCOCCOC(C)C(=O)N1CCN(S(=O)(=O)c2cccc(C(F)(F)F)c2)CC1. The molecular weight excluding hydrogens is 413 g/mol. The monoisotopic (exact) mass is 438 g/mol. The molecule has 0 radical (unpaired) electrons. The number of nitrogens with zero attached hydrogens (tertiary/aromatic N) is 2. The van der Waals surface area contributed by atoms with Crippen molar-refractivity contribution >= 4 is 15.9 Å². The van der Waals surface area contributed by atoms with Crippen LogP contribution in [0.3, 0.4) is 0 Å². The van der Waals surface area contributed by atoms with Gasteiger partial charge in [0.15, 0.2) is 0 Å². The van der Waals surface area contributed by atoms with E-state index in [1.165, 1.54) is 4.90 Å². The Hall–Kier alpha value is -1.69. The van der Waals surface area contributed by atoms with E-state index >= 15 is 0 Å². The first kappa shape index (κ1) is 23.6. The molecule has 1 aromatic rings. The standard InChI is InChI=1S/C18H25F3N2O5S/c1-3-27-11-12-28-14(2)17(24)22-7-9-23(10-8-22)29(25,26)16-6-4-5-15(13-16)18(19,20)21/h4-6,13-14H,3,7-12H2,1-2H3. The Kier molecular flexibility index (Phi) is 8.03. The van der Waals surface area contributed by atoms with Gasteiger partial charge >= 0.3 is 6.18 Å². The lowest BCUT2D eigenvalue weighted by molar-refractivity contribution is -0.144. The summed E-state index contributed by atoms with van der Waals surface area (Å²) in [7, 11) is -4.09. The fourth-order valence-corrected chi connectivity index (χ4v) is 4.36. The number of ether oxygens (including phenoxy) is 2. The molecule has 11 heteroatoms. The molecule has 1 saturated heterocycles. The van der Waals surface area contributed by atoms with Crippen molar-refractivity contribution in [2.45, 2.75) is 31.0 Å². The topological polar surface area (TPSA) is 76.2 Å². The molecule has 0 N–H and O–H groups in total. The van der Waals surface area contributed by atoms with Gasteiger partial charge in [-0.05, 0) is 32.0 Å². The minimum absolute atomic E-state index is 0.00398. The Balaban J connectivity index is 1.97. The maximum atomic E-state index is 12.9. The van der Waals surface area contributed by atoms with Crippen LogP contribution in [0, 0.1) is 0 Å². The Bertz CT molecular complexity index is 793. The highest BCUT2D eigenvalue weighted by Gasteiger charge is 2.35. The number of carbonyl (C=O) groups excluding carboxylic acids is 1. The van der Waals surface area contributed by atoms with Crippen LogP contribution in [0.2, 0.25) is 0 Å². The summed E-state index contributed by atoms with van der Waals surface area (Å²) in [5, 5.41) is 0. The van der Waals surface area contributed by atoms with Crippen LogP contribution in [0.4, 0.5) is 13.2 Å². The molecule has 1 aromatic carbocycles. The van der Waals surface area contributed by atoms with Crippen molar-refractivity contribution in [3.63, 3.8) is 0 Å². The van der Waals surface area contributed by atoms with Gasteiger partial charge in [-0.3, -0.25) is 4.79 Å². The van der Waals surface area contributed by atoms with Gasteiger partial charge in [0.25, 0.3) is 5.91 Å². The first-order valence-electron chi connectivity index (χ1n) is 9.23. The van der Waals surface area contributed by atoms with E-state index in [1.807, 2.05) is 6.92 Å². The van der Waals surface area contributed by atoms with E-state index < -0.39 is 32.8 Å². The number of alkyl halides is 3. The van der Waals surface area contributed by atoms with E-state index in [1.54, 1.807) is 6.92 Å². The van der Waals surface area contributed by atoms with Crippen LogP contribution in [-0.2, 0) is 30.5 Å². The molecule has 1 amide bonds. The number of sulfonamides is 1. The van der Waals surface area contributed by atoms with Gasteiger partial charge in [0.2, 0.25) is 10.0 Å². The molecule has 0 bridgehead atoms. The zero-order valence-electron chi connectivity index (χ0n) is 16.3. The van der Waals surface area contributed by atoms with E-state index in [-0.39, 0.29) is 38.7 Å². The fourth-order valence-electron chi connectivity index (χ4n) is 2.89. The maximum Gasteiger partial charge on any atom is 0.416 e. The summed E-state index contributed by atoms with van der Waals surface area (Å²) in [5.74, 6) is -0.266. The molecule has 1 heterocycles. The van der Waals surface area contributed by atoms with Crippen LogP contribution in [0.5, 0.6) is 0 Å². The Labute approximate surface area is 168 Å². The molecule has 1 fully saturated rings. The van der Waals surface area contributed by atoms with Crippen LogP contribution >= 0.6 is 0 Å². The Morgan fingerprint density at radius 2 is 1.83 bits per heavy atom. The van der Waals surface area contributed by atoms with Gasteiger partial charge in [-0.1, -0.05) is 6.07 Å². The highest BCUT2D eigenvalue weighted by atomic mass is 32.2. The molecule has 1 unspecified atom stereocenters. The van der Waals surface area contributed by atoms with Crippen LogP contribution < -0.4 is 0 Å². The average Bonchev–Trinajstić information content (AvgIpc) is 2.70. The number of amides is 1. The second-order valence-corrected chi connectivity index (χ2v) is 8.40. The normalized spacial score (nSPS) is 17.3. The largest absolute Gasteiger partial charge is 0.416 e. The summed E-state index contributed by atoms with van der Waals surface area (Å²) < 4.78 is 75.7. The van der Waals surface area contributed by atoms with Crippen molar-refractivity contribution in [3.8, 4) is 0 Å². The molecule has 1 aliphatic rings. The van der Waals surface area contributed by atoms with Crippen molar-refractivity contribution in [1.82, 2.24) is 9.21 Å². The van der Waals surface area contributed by atoms with E-state index in [9.17, 15) is 26.4 Å². The van der Waals surface area contributed by atoms with Gasteiger partial charge < -0.3 is 14.4 Å². The molecule has 1 aliphatic heterocycles. The van der Waals surface area contributed by atoms with Crippen LogP contribution in [0.1, 0.15) is 19.4 Å². The molecule has 0 aromatic heterocycles. The number of hydrogen-bond donors (Lipinski definition) is 0. The van der Waals surface area contributed by atoms with Crippen molar-refractivity contribution < 1.29 is 35.9 Å². The number of halogens is 3. The predicted molar refractivity (Wildman–Crippen MR) is 98.7 cm³/mol. The highest BCUT2D eigenvalue weighted by molar-refractivity contribution is 7.89. The molecular formula is C18H25F3N2O5S. The second-order valence-electron chi connectivity index (χ2n) is 6.46. The van der Waals surface area contributed by atoms with Gasteiger partial charge in [0.1, 0.15) is 6.10 Å². The molecule has 29 heavy (non-hydrogen) atoms. The predicted octanol–water partition coefficient (Wildman–Crippen LogP) is 1.98. The molecule has 1 atom stereocenters. The molecule has 164 valence electrons. The van der Waals surface area contributed by atoms with Gasteiger partial charge in [0, 0.05) is 32.8 Å². The van der Waals surface area contributed by atoms with E-state index in [0.29, 0.717) is 19.3 Å².